The molecule has 1 unspecified atom stereocenters. The number of hydrogen-bond donors (Lipinski definition) is 0. The maximum absolute atomic E-state index is 12.7. The molecule has 0 bridgehead atoms. The summed E-state index contributed by atoms with van der Waals surface area (Å²) in [6.07, 6.45) is 0. The van der Waals surface area contributed by atoms with Crippen LogP contribution in [-0.4, -0.2) is 31.1 Å². The Morgan fingerprint density at radius 3 is 2.56 bits per heavy atom. The first kappa shape index (κ1) is 17.2. The van der Waals surface area contributed by atoms with Crippen molar-refractivity contribution in [1.82, 2.24) is 4.90 Å². The summed E-state index contributed by atoms with van der Waals surface area (Å²) in [6.45, 7) is 7.70. The largest absolute Gasteiger partial charge is 0.497 e. The second kappa shape index (κ2) is 7.53. The van der Waals surface area contributed by atoms with Crippen molar-refractivity contribution in [3.8, 4) is 5.75 Å². The van der Waals surface area contributed by atoms with Crippen LogP contribution < -0.4 is 4.74 Å². The molecule has 1 aliphatic rings. The van der Waals surface area contributed by atoms with Crippen LogP contribution in [0.15, 0.2) is 55.1 Å². The SMILES string of the molecule is C=C1CN(C(C(=O)OCC)c2ccc(OC)cc2)Cc2ccccc21. The molecule has 1 atom stereocenters. The number of fused-ring (bicyclic) bond motifs is 1. The quantitative estimate of drug-likeness (QED) is 0.777. The molecular weight excluding hydrogens is 314 g/mol. The van der Waals surface area contributed by atoms with E-state index in [9.17, 15) is 4.79 Å². The first-order chi connectivity index (χ1) is 12.1. The van der Waals surface area contributed by atoms with Gasteiger partial charge >= 0.3 is 5.97 Å². The molecule has 0 saturated heterocycles. The van der Waals surface area contributed by atoms with Crippen LogP contribution in [0.5, 0.6) is 5.75 Å². The first-order valence-electron chi connectivity index (χ1n) is 8.44. The van der Waals surface area contributed by atoms with Crippen molar-refractivity contribution in [3.05, 3.63) is 71.8 Å². The lowest BCUT2D eigenvalue weighted by Crippen LogP contribution is -2.38. The number of esters is 1. The number of carbonyl (C=O) groups is 1. The molecule has 0 spiro atoms. The van der Waals surface area contributed by atoms with Gasteiger partial charge < -0.3 is 9.47 Å². The highest BCUT2D eigenvalue weighted by atomic mass is 16.5. The normalized spacial score (nSPS) is 15.4. The minimum atomic E-state index is -0.462. The average Bonchev–Trinajstić information content (AvgIpc) is 2.63. The molecule has 130 valence electrons. The molecule has 0 fully saturated rings. The third-order valence-electron chi connectivity index (χ3n) is 4.47. The van der Waals surface area contributed by atoms with E-state index < -0.39 is 6.04 Å². The van der Waals surface area contributed by atoms with E-state index in [0.29, 0.717) is 19.7 Å². The van der Waals surface area contributed by atoms with Gasteiger partial charge in [0.1, 0.15) is 11.8 Å². The third-order valence-corrected chi connectivity index (χ3v) is 4.47. The lowest BCUT2D eigenvalue weighted by Gasteiger charge is -2.35. The van der Waals surface area contributed by atoms with Gasteiger partial charge in [-0.1, -0.05) is 43.0 Å². The number of ether oxygens (including phenoxy) is 2. The van der Waals surface area contributed by atoms with Crippen molar-refractivity contribution in [3.63, 3.8) is 0 Å². The van der Waals surface area contributed by atoms with Crippen molar-refractivity contribution in [1.29, 1.82) is 0 Å². The topological polar surface area (TPSA) is 38.8 Å². The summed E-state index contributed by atoms with van der Waals surface area (Å²) in [5.41, 5.74) is 4.27. The Morgan fingerprint density at radius 2 is 1.88 bits per heavy atom. The molecule has 1 aliphatic heterocycles. The summed E-state index contributed by atoms with van der Waals surface area (Å²) in [6, 6.07) is 15.3. The zero-order chi connectivity index (χ0) is 17.8. The maximum atomic E-state index is 12.7. The molecule has 0 N–H and O–H groups in total. The third kappa shape index (κ3) is 3.59. The van der Waals surface area contributed by atoms with Gasteiger partial charge in [-0.3, -0.25) is 4.90 Å². The zero-order valence-corrected chi connectivity index (χ0v) is 14.7. The average molecular weight is 337 g/mol. The minimum absolute atomic E-state index is 0.236. The lowest BCUT2D eigenvalue weighted by molar-refractivity contribution is -0.150. The molecule has 0 aromatic heterocycles. The standard InChI is InChI=1S/C21H23NO3/c1-4-25-21(23)20(16-9-11-18(24-3)12-10-16)22-13-15(2)19-8-6-5-7-17(19)14-22/h5-12,20H,2,4,13-14H2,1,3H3. The second-order valence-corrected chi connectivity index (χ2v) is 6.09. The number of carbonyl (C=O) groups excluding carboxylic acids is 1. The van der Waals surface area contributed by atoms with Crippen LogP contribution in [0.4, 0.5) is 0 Å². The van der Waals surface area contributed by atoms with Crippen molar-refractivity contribution in [2.24, 2.45) is 0 Å². The second-order valence-electron chi connectivity index (χ2n) is 6.09. The Balaban J connectivity index is 1.94. The molecular formula is C21H23NO3. The fourth-order valence-corrected chi connectivity index (χ4v) is 3.29. The van der Waals surface area contributed by atoms with Crippen molar-refractivity contribution in [2.45, 2.75) is 19.5 Å². The molecule has 0 saturated carbocycles. The van der Waals surface area contributed by atoms with Crippen molar-refractivity contribution < 1.29 is 14.3 Å². The Bertz CT molecular complexity index is 767. The molecule has 3 rings (SSSR count). The predicted molar refractivity (Wildman–Crippen MR) is 98.3 cm³/mol. The van der Waals surface area contributed by atoms with Gasteiger partial charge in [-0.05, 0) is 41.3 Å². The smallest absolute Gasteiger partial charge is 0.328 e. The van der Waals surface area contributed by atoms with Crippen LogP contribution in [0.2, 0.25) is 0 Å². The Hall–Kier alpha value is -2.59. The summed E-state index contributed by atoms with van der Waals surface area (Å²) in [4.78, 5) is 14.8. The number of benzene rings is 2. The van der Waals surface area contributed by atoms with Crippen molar-refractivity contribution >= 4 is 11.5 Å². The van der Waals surface area contributed by atoms with Gasteiger partial charge in [-0.2, -0.15) is 0 Å². The number of nitrogens with zero attached hydrogens (tertiary/aromatic N) is 1. The van der Waals surface area contributed by atoms with Gasteiger partial charge in [-0.15, -0.1) is 0 Å². The summed E-state index contributed by atoms with van der Waals surface area (Å²) >= 11 is 0. The van der Waals surface area contributed by atoms with Gasteiger partial charge in [0, 0.05) is 13.1 Å². The number of methoxy groups -OCH3 is 1. The zero-order valence-electron chi connectivity index (χ0n) is 14.7. The molecule has 0 radical (unpaired) electrons. The highest BCUT2D eigenvalue weighted by Gasteiger charge is 2.32. The van der Waals surface area contributed by atoms with E-state index in [1.807, 2.05) is 43.3 Å². The van der Waals surface area contributed by atoms with Crippen LogP contribution >= 0.6 is 0 Å². The summed E-state index contributed by atoms with van der Waals surface area (Å²) < 4.78 is 10.6. The van der Waals surface area contributed by atoms with Crippen LogP contribution in [0.25, 0.3) is 5.57 Å². The van der Waals surface area contributed by atoms with Gasteiger partial charge in [-0.25, -0.2) is 4.79 Å². The van der Waals surface area contributed by atoms with Crippen LogP contribution in [0.3, 0.4) is 0 Å². The number of hydrogen-bond acceptors (Lipinski definition) is 4. The van der Waals surface area contributed by atoms with E-state index in [1.165, 1.54) is 11.1 Å². The van der Waals surface area contributed by atoms with Crippen molar-refractivity contribution in [2.75, 3.05) is 20.3 Å². The molecule has 2 aromatic rings. The Kier molecular flexibility index (Phi) is 5.19. The van der Waals surface area contributed by atoms with Gasteiger partial charge in [0.15, 0.2) is 0 Å². The van der Waals surface area contributed by atoms with Gasteiger partial charge in [0.2, 0.25) is 0 Å². The monoisotopic (exact) mass is 337 g/mol. The van der Waals surface area contributed by atoms with Gasteiger partial charge in [0.25, 0.3) is 0 Å². The van der Waals surface area contributed by atoms with E-state index in [2.05, 4.69) is 23.6 Å². The fourth-order valence-electron chi connectivity index (χ4n) is 3.29. The molecule has 0 amide bonds. The summed E-state index contributed by atoms with van der Waals surface area (Å²) in [5, 5.41) is 0. The highest BCUT2D eigenvalue weighted by molar-refractivity contribution is 5.79. The van der Waals surface area contributed by atoms with E-state index >= 15 is 0 Å². The maximum Gasteiger partial charge on any atom is 0.328 e. The van der Waals surface area contributed by atoms with Crippen LogP contribution in [0, 0.1) is 0 Å². The Morgan fingerprint density at radius 1 is 1.16 bits per heavy atom. The number of rotatable bonds is 5. The Labute approximate surface area is 148 Å². The first-order valence-corrected chi connectivity index (χ1v) is 8.44. The predicted octanol–water partition coefficient (Wildman–Crippen LogP) is 3.83. The molecule has 2 aromatic carbocycles. The fraction of sp³-hybridized carbons (Fsp3) is 0.286. The summed E-state index contributed by atoms with van der Waals surface area (Å²) in [7, 11) is 1.63. The lowest BCUT2D eigenvalue weighted by atomic mass is 9.93. The molecule has 0 aliphatic carbocycles. The minimum Gasteiger partial charge on any atom is -0.497 e. The van der Waals surface area contributed by atoms with E-state index in [0.717, 1.165) is 16.9 Å². The van der Waals surface area contributed by atoms with E-state index in [1.54, 1.807) is 7.11 Å². The summed E-state index contributed by atoms with van der Waals surface area (Å²) in [5.74, 6) is 0.527. The molecule has 4 heteroatoms. The van der Waals surface area contributed by atoms with E-state index in [-0.39, 0.29) is 5.97 Å². The van der Waals surface area contributed by atoms with E-state index in [4.69, 9.17) is 9.47 Å². The van der Waals surface area contributed by atoms with Gasteiger partial charge in [0.05, 0.1) is 13.7 Å². The molecule has 1 heterocycles. The van der Waals surface area contributed by atoms with Crippen LogP contribution in [-0.2, 0) is 16.1 Å². The van der Waals surface area contributed by atoms with Crippen LogP contribution in [0.1, 0.15) is 29.7 Å². The highest BCUT2D eigenvalue weighted by Crippen LogP contribution is 2.33. The molecule has 4 nitrogen and oxygen atoms in total. The molecule has 25 heavy (non-hydrogen) atoms.